The second-order valence-electron chi connectivity index (χ2n) is 8.09. The van der Waals surface area contributed by atoms with E-state index < -0.39 is 0 Å². The Morgan fingerprint density at radius 1 is 1.04 bits per heavy atom. The number of carbonyl (C=O) groups excluding carboxylic acids is 1. The number of hydrogen-bond acceptors (Lipinski definition) is 4. The summed E-state index contributed by atoms with van der Waals surface area (Å²) in [6.07, 6.45) is 7.36. The van der Waals surface area contributed by atoms with Gasteiger partial charge in [-0.1, -0.05) is 38.7 Å². The molecule has 0 aliphatic heterocycles. The van der Waals surface area contributed by atoms with E-state index >= 15 is 0 Å². The van der Waals surface area contributed by atoms with Crippen LogP contribution < -0.4 is 16.1 Å². The van der Waals surface area contributed by atoms with E-state index in [9.17, 15) is 14.7 Å². The van der Waals surface area contributed by atoms with Crippen molar-refractivity contribution in [2.45, 2.75) is 64.8 Å². The third-order valence-corrected chi connectivity index (χ3v) is 6.06. The van der Waals surface area contributed by atoms with Crippen LogP contribution in [0.15, 0.2) is 16.9 Å². The van der Waals surface area contributed by atoms with Crippen molar-refractivity contribution in [3.05, 3.63) is 61.1 Å². The minimum atomic E-state index is -0.292. The summed E-state index contributed by atoms with van der Waals surface area (Å²) in [6, 6.07) is 3.28. The molecule has 0 atom stereocenters. The Balaban J connectivity index is 2.04. The Morgan fingerprint density at radius 2 is 1.68 bits per heavy atom. The minimum absolute atomic E-state index is 0.0236. The van der Waals surface area contributed by atoms with E-state index in [-0.39, 0.29) is 34.5 Å². The Kier molecular flexibility index (Phi) is 4.69. The summed E-state index contributed by atoms with van der Waals surface area (Å²) in [5.74, 6) is -0.258. The molecule has 0 bridgehead atoms. The number of carbonyl (C=O) groups is 1. The van der Waals surface area contributed by atoms with Crippen LogP contribution in [0.1, 0.15) is 83.9 Å². The molecule has 4 rings (SSSR count). The third-order valence-electron chi connectivity index (χ3n) is 6.06. The molecule has 5 nitrogen and oxygen atoms in total. The molecule has 0 radical (unpaired) electrons. The van der Waals surface area contributed by atoms with E-state index in [0.717, 1.165) is 44.1 Å². The highest BCUT2D eigenvalue weighted by Gasteiger charge is 2.33. The number of aromatic nitrogens is 2. The molecule has 2 heterocycles. The average molecular weight is 378 g/mol. The summed E-state index contributed by atoms with van der Waals surface area (Å²) in [6.45, 7) is 7.46. The molecule has 2 aliphatic rings. The summed E-state index contributed by atoms with van der Waals surface area (Å²) in [5.41, 5.74) is 2.17. The largest absolute Gasteiger partial charge is 0.507 e. The fraction of sp³-hybridized carbons (Fsp3) is 0.435. The van der Waals surface area contributed by atoms with Crippen LogP contribution in [-0.4, -0.2) is 20.4 Å². The molecule has 2 aromatic rings. The minimum Gasteiger partial charge on any atom is -0.507 e. The van der Waals surface area contributed by atoms with E-state index in [0.29, 0.717) is 21.7 Å². The van der Waals surface area contributed by atoms with E-state index in [1.807, 2.05) is 6.92 Å². The van der Waals surface area contributed by atoms with Gasteiger partial charge in [0.05, 0.1) is 5.35 Å². The number of nitrogens with zero attached hydrogens (tertiary/aromatic N) is 2. The molecule has 28 heavy (non-hydrogen) atoms. The summed E-state index contributed by atoms with van der Waals surface area (Å²) in [4.78, 5) is 30.8. The Morgan fingerprint density at radius 3 is 2.36 bits per heavy atom. The van der Waals surface area contributed by atoms with Gasteiger partial charge in [-0.2, -0.15) is 0 Å². The Bertz CT molecular complexity index is 1140. The monoisotopic (exact) mass is 378 g/mol. The molecular formula is C23H26N2O3. The van der Waals surface area contributed by atoms with Gasteiger partial charge in [-0.15, -0.1) is 0 Å². The zero-order valence-corrected chi connectivity index (χ0v) is 16.5. The number of fused-ring (bicyclic) bond motifs is 2. The van der Waals surface area contributed by atoms with Gasteiger partial charge in [-0.3, -0.25) is 9.59 Å². The van der Waals surface area contributed by atoms with Crippen LogP contribution in [-0.2, 0) is 0 Å². The number of ketones is 1. The smallest absolute Gasteiger partial charge is 0.251 e. The van der Waals surface area contributed by atoms with Crippen molar-refractivity contribution >= 4 is 18.1 Å². The zero-order chi connectivity index (χ0) is 20.0. The van der Waals surface area contributed by atoms with E-state index in [4.69, 9.17) is 0 Å². The number of aliphatic hydroxyl groups excluding tert-OH is 1. The molecule has 1 fully saturated rings. The zero-order valence-electron chi connectivity index (χ0n) is 16.5. The predicted molar refractivity (Wildman–Crippen MR) is 109 cm³/mol. The third kappa shape index (κ3) is 2.89. The highest BCUT2D eigenvalue weighted by molar-refractivity contribution is 6.12. The van der Waals surface area contributed by atoms with Crippen molar-refractivity contribution in [3.63, 3.8) is 0 Å². The van der Waals surface area contributed by atoms with Crippen molar-refractivity contribution in [2.75, 3.05) is 0 Å². The van der Waals surface area contributed by atoms with Gasteiger partial charge in [0.2, 0.25) is 5.78 Å². The maximum Gasteiger partial charge on any atom is 0.251 e. The van der Waals surface area contributed by atoms with Gasteiger partial charge >= 0.3 is 0 Å². The average Bonchev–Trinajstić information content (AvgIpc) is 2.59. The van der Waals surface area contributed by atoms with E-state index in [2.05, 4.69) is 11.6 Å². The molecule has 0 amide bonds. The van der Waals surface area contributed by atoms with Crippen molar-refractivity contribution in [1.82, 2.24) is 9.55 Å². The topological polar surface area (TPSA) is 72.2 Å². The van der Waals surface area contributed by atoms with Gasteiger partial charge in [0.15, 0.2) is 0 Å². The van der Waals surface area contributed by atoms with Gasteiger partial charge in [0, 0.05) is 22.9 Å². The second-order valence-corrected chi connectivity index (χ2v) is 8.09. The van der Waals surface area contributed by atoms with Gasteiger partial charge < -0.3 is 9.67 Å². The molecule has 5 heteroatoms. The number of aryl methyl sites for hydroxylation is 2. The van der Waals surface area contributed by atoms with Crippen molar-refractivity contribution < 1.29 is 9.90 Å². The molecule has 146 valence electrons. The van der Waals surface area contributed by atoms with Crippen LogP contribution in [0.2, 0.25) is 0 Å². The van der Waals surface area contributed by atoms with Crippen molar-refractivity contribution in [1.29, 1.82) is 0 Å². The van der Waals surface area contributed by atoms with Gasteiger partial charge in [-0.05, 0) is 43.9 Å². The lowest BCUT2D eigenvalue weighted by atomic mass is 9.90. The van der Waals surface area contributed by atoms with Gasteiger partial charge in [-0.25, -0.2) is 4.98 Å². The lowest BCUT2D eigenvalue weighted by molar-refractivity contribution is 0.101. The van der Waals surface area contributed by atoms with Crippen LogP contribution in [0.3, 0.4) is 0 Å². The first-order chi connectivity index (χ1) is 13.4. The van der Waals surface area contributed by atoms with Gasteiger partial charge in [0.1, 0.15) is 17.1 Å². The summed E-state index contributed by atoms with van der Waals surface area (Å²) in [5, 5.41) is 12.0. The lowest BCUT2D eigenvalue weighted by Crippen LogP contribution is -2.39. The molecule has 2 aliphatic carbocycles. The maximum atomic E-state index is 13.5. The standard InChI is InChI=1S/C23H26N2O3/c1-13-11-15(3)24-20-18(13)22(27)19-14(2)12-17(26)25(21(19)23(20)28)16-9-7-5-4-6-8-10-16/h11-12,16,27H,3-10H2,1-2H3. The molecule has 0 saturated heterocycles. The van der Waals surface area contributed by atoms with Crippen molar-refractivity contribution in [2.24, 2.45) is 0 Å². The van der Waals surface area contributed by atoms with Crippen LogP contribution in [0, 0.1) is 13.8 Å². The first kappa shape index (κ1) is 18.7. The molecule has 0 spiro atoms. The highest BCUT2D eigenvalue weighted by atomic mass is 16.3. The van der Waals surface area contributed by atoms with Crippen LogP contribution in [0.25, 0.3) is 12.3 Å². The first-order valence-electron chi connectivity index (χ1n) is 10.1. The Hall–Kier alpha value is -2.69. The molecule has 0 unspecified atom stereocenters. The van der Waals surface area contributed by atoms with Crippen LogP contribution >= 0.6 is 0 Å². The summed E-state index contributed by atoms with van der Waals surface area (Å²) in [7, 11) is 0. The predicted octanol–water partition coefficient (Wildman–Crippen LogP) is 2.81. The number of rotatable bonds is 1. The fourth-order valence-electron chi connectivity index (χ4n) is 4.76. The van der Waals surface area contributed by atoms with Gasteiger partial charge in [0.25, 0.3) is 5.56 Å². The van der Waals surface area contributed by atoms with E-state index in [1.54, 1.807) is 23.6 Å². The number of pyridine rings is 2. The molecule has 2 aromatic heterocycles. The number of hydrogen-bond donors (Lipinski definition) is 1. The molecule has 1 N–H and O–H groups in total. The number of aliphatic hydroxyl groups is 1. The van der Waals surface area contributed by atoms with Crippen molar-refractivity contribution in [3.8, 4) is 0 Å². The second kappa shape index (κ2) is 7.04. The summed E-state index contributed by atoms with van der Waals surface area (Å²) < 4.78 is 1.64. The SMILES string of the molecule is C=c1cc(C)c2c(n1)C(=O)c1c(c(C)cc(=O)n1C1CCCCCCC1)C=2O. The Labute approximate surface area is 164 Å². The lowest BCUT2D eigenvalue weighted by Gasteiger charge is -2.28. The molecule has 1 saturated carbocycles. The quantitative estimate of drug-likeness (QED) is 0.828. The highest BCUT2D eigenvalue weighted by Crippen LogP contribution is 2.31. The maximum absolute atomic E-state index is 13.5. The van der Waals surface area contributed by atoms with Crippen LogP contribution in [0.5, 0.6) is 0 Å². The normalized spacial score (nSPS) is 17.6. The first-order valence-corrected chi connectivity index (χ1v) is 10.1. The van der Waals surface area contributed by atoms with Crippen LogP contribution in [0.4, 0.5) is 0 Å². The molecule has 0 aromatic carbocycles. The van der Waals surface area contributed by atoms with E-state index in [1.165, 1.54) is 6.42 Å². The summed E-state index contributed by atoms with van der Waals surface area (Å²) >= 11 is 0. The molecular weight excluding hydrogens is 352 g/mol. The fourth-order valence-corrected chi connectivity index (χ4v) is 4.76.